The Morgan fingerprint density at radius 1 is 1.21 bits per heavy atom. The number of benzene rings is 1. The molecule has 7 nitrogen and oxygen atoms in total. The number of aromatic nitrogens is 3. The molecule has 1 aliphatic heterocycles. The summed E-state index contributed by atoms with van der Waals surface area (Å²) in [7, 11) is 0. The molecule has 0 spiro atoms. The minimum atomic E-state index is -0.600. The largest absolute Gasteiger partial charge is 0.463 e. The van der Waals surface area contributed by atoms with Crippen LogP contribution in [0.2, 0.25) is 0 Å². The van der Waals surface area contributed by atoms with Crippen LogP contribution in [0, 0.1) is 0 Å². The van der Waals surface area contributed by atoms with E-state index in [4.69, 9.17) is 4.74 Å². The van der Waals surface area contributed by atoms with Gasteiger partial charge in [0.15, 0.2) is 4.80 Å². The molecule has 172 valence electrons. The highest BCUT2D eigenvalue weighted by molar-refractivity contribution is 7.07. The molecule has 0 bridgehead atoms. The summed E-state index contributed by atoms with van der Waals surface area (Å²) < 4.78 is 9.29. The Hall–Kier alpha value is -3.26. The summed E-state index contributed by atoms with van der Waals surface area (Å²) in [5.74, 6) is -0.0709. The van der Waals surface area contributed by atoms with Crippen LogP contribution in [-0.4, -0.2) is 26.9 Å². The van der Waals surface area contributed by atoms with E-state index in [1.165, 1.54) is 16.9 Å². The number of allylic oxidation sites excluding steroid dienone is 1. The molecule has 1 aromatic carbocycles. The van der Waals surface area contributed by atoms with E-state index < -0.39 is 12.0 Å². The van der Waals surface area contributed by atoms with Crippen molar-refractivity contribution >= 4 is 23.4 Å². The number of carbonyl (C=O) groups excluding carboxylic acids is 1. The zero-order valence-electron chi connectivity index (χ0n) is 19.5. The second-order valence-electron chi connectivity index (χ2n) is 8.22. The number of hydrogen-bond acceptors (Lipinski definition) is 6. The van der Waals surface area contributed by atoms with Crippen LogP contribution in [0.1, 0.15) is 63.4 Å². The molecule has 3 heterocycles. The Balaban J connectivity index is 1.91. The van der Waals surface area contributed by atoms with Crippen LogP contribution >= 0.6 is 11.3 Å². The van der Waals surface area contributed by atoms with Gasteiger partial charge in [-0.15, -0.1) is 0 Å². The molecular formula is C25H28N4O3S. The molecule has 33 heavy (non-hydrogen) atoms. The SMILES string of the molecule is CCOC(=O)C1=C(C)N=c2s/c(=C/c3ccn(CC)n3)c(=O)n2C1c1ccc(C(C)C)cc1. The van der Waals surface area contributed by atoms with Crippen LogP contribution in [0.3, 0.4) is 0 Å². The van der Waals surface area contributed by atoms with E-state index in [2.05, 4.69) is 23.9 Å². The minimum absolute atomic E-state index is 0.197. The van der Waals surface area contributed by atoms with Gasteiger partial charge in [-0.05, 0) is 50.0 Å². The van der Waals surface area contributed by atoms with Crippen molar-refractivity contribution in [3.05, 3.63) is 84.3 Å². The Kier molecular flexibility index (Phi) is 6.47. The summed E-state index contributed by atoms with van der Waals surface area (Å²) in [5.41, 5.74) is 3.51. The normalized spacial score (nSPS) is 16.2. The standard InChI is InChI=1S/C25H28N4O3S/c1-6-28-13-12-19(27-28)14-20-23(30)29-22(18-10-8-17(9-11-18)15(3)4)21(24(31)32-7-2)16(5)26-25(29)33-20/h8-15,22H,6-7H2,1-5H3/b20-14+. The van der Waals surface area contributed by atoms with Crippen molar-refractivity contribution in [1.82, 2.24) is 14.3 Å². The number of aryl methyl sites for hydroxylation is 1. The summed E-state index contributed by atoms with van der Waals surface area (Å²) >= 11 is 1.30. The monoisotopic (exact) mass is 464 g/mol. The summed E-state index contributed by atoms with van der Waals surface area (Å²) in [6.45, 7) is 10.8. The number of rotatable bonds is 6. The van der Waals surface area contributed by atoms with Gasteiger partial charge in [-0.2, -0.15) is 5.10 Å². The number of thiazole rings is 1. The molecule has 4 rings (SSSR count). The van der Waals surface area contributed by atoms with Gasteiger partial charge in [0.25, 0.3) is 5.56 Å². The number of fused-ring (bicyclic) bond motifs is 1. The summed E-state index contributed by atoms with van der Waals surface area (Å²) in [5, 5.41) is 4.46. The molecule has 0 amide bonds. The number of nitrogens with zero attached hydrogens (tertiary/aromatic N) is 4. The summed E-state index contributed by atoms with van der Waals surface area (Å²) in [4.78, 5) is 31.7. The number of hydrogen-bond donors (Lipinski definition) is 0. The van der Waals surface area contributed by atoms with Crippen LogP contribution in [0.15, 0.2) is 57.6 Å². The number of esters is 1. The Labute approximate surface area is 196 Å². The molecule has 1 aliphatic rings. The molecule has 8 heteroatoms. The Bertz CT molecular complexity index is 1390. The van der Waals surface area contributed by atoms with E-state index in [0.717, 1.165) is 12.1 Å². The molecule has 2 aromatic heterocycles. The molecule has 1 unspecified atom stereocenters. The molecule has 0 saturated heterocycles. The third kappa shape index (κ3) is 4.35. The third-order valence-electron chi connectivity index (χ3n) is 5.70. The lowest BCUT2D eigenvalue weighted by molar-refractivity contribution is -0.139. The molecule has 3 aromatic rings. The van der Waals surface area contributed by atoms with E-state index in [9.17, 15) is 9.59 Å². The highest BCUT2D eigenvalue weighted by atomic mass is 32.1. The van der Waals surface area contributed by atoms with Crippen LogP contribution in [0.5, 0.6) is 0 Å². The predicted molar refractivity (Wildman–Crippen MR) is 129 cm³/mol. The van der Waals surface area contributed by atoms with Gasteiger partial charge < -0.3 is 4.74 Å². The summed E-state index contributed by atoms with van der Waals surface area (Å²) in [6, 6.07) is 9.34. The van der Waals surface area contributed by atoms with E-state index in [-0.39, 0.29) is 12.2 Å². The van der Waals surface area contributed by atoms with Gasteiger partial charge in [0, 0.05) is 12.7 Å². The fourth-order valence-corrected chi connectivity index (χ4v) is 4.97. The lowest BCUT2D eigenvalue weighted by Crippen LogP contribution is -2.40. The molecule has 0 fully saturated rings. The smallest absolute Gasteiger partial charge is 0.338 e. The van der Waals surface area contributed by atoms with Gasteiger partial charge in [-0.25, -0.2) is 9.79 Å². The summed E-state index contributed by atoms with van der Waals surface area (Å²) in [6.07, 6.45) is 3.66. The van der Waals surface area contributed by atoms with Crippen LogP contribution in [0.4, 0.5) is 0 Å². The minimum Gasteiger partial charge on any atom is -0.463 e. The van der Waals surface area contributed by atoms with Gasteiger partial charge in [0.2, 0.25) is 0 Å². The van der Waals surface area contributed by atoms with E-state index in [0.29, 0.717) is 32.2 Å². The van der Waals surface area contributed by atoms with Crippen molar-refractivity contribution in [2.24, 2.45) is 4.99 Å². The predicted octanol–water partition coefficient (Wildman–Crippen LogP) is 3.14. The van der Waals surface area contributed by atoms with E-state index in [1.54, 1.807) is 24.5 Å². The maximum atomic E-state index is 13.6. The first-order chi connectivity index (χ1) is 15.8. The average Bonchev–Trinajstić information content (AvgIpc) is 3.37. The van der Waals surface area contributed by atoms with Gasteiger partial charge in [0.05, 0.1) is 34.1 Å². The second kappa shape index (κ2) is 9.31. The van der Waals surface area contributed by atoms with Gasteiger partial charge in [-0.1, -0.05) is 49.4 Å². The van der Waals surface area contributed by atoms with Crippen molar-refractivity contribution in [3.63, 3.8) is 0 Å². The molecule has 0 radical (unpaired) electrons. The highest BCUT2D eigenvalue weighted by Crippen LogP contribution is 2.31. The number of ether oxygens (including phenoxy) is 1. The van der Waals surface area contributed by atoms with E-state index >= 15 is 0 Å². The third-order valence-corrected chi connectivity index (χ3v) is 6.68. The lowest BCUT2D eigenvalue weighted by atomic mass is 9.93. The molecule has 0 N–H and O–H groups in total. The van der Waals surface area contributed by atoms with Gasteiger partial charge in [0.1, 0.15) is 0 Å². The van der Waals surface area contributed by atoms with Gasteiger partial charge in [-0.3, -0.25) is 14.0 Å². The first kappa shape index (κ1) is 22.9. The zero-order chi connectivity index (χ0) is 23.7. The number of carbonyl (C=O) groups is 1. The van der Waals surface area contributed by atoms with Crippen molar-refractivity contribution in [3.8, 4) is 0 Å². The quantitative estimate of drug-likeness (QED) is 0.525. The van der Waals surface area contributed by atoms with Crippen molar-refractivity contribution < 1.29 is 9.53 Å². The lowest BCUT2D eigenvalue weighted by Gasteiger charge is -2.25. The molecule has 0 saturated carbocycles. The average molecular weight is 465 g/mol. The maximum Gasteiger partial charge on any atom is 0.338 e. The topological polar surface area (TPSA) is 78.5 Å². The molecule has 1 atom stereocenters. The zero-order valence-corrected chi connectivity index (χ0v) is 20.3. The first-order valence-electron chi connectivity index (χ1n) is 11.2. The van der Waals surface area contributed by atoms with Crippen molar-refractivity contribution in [2.75, 3.05) is 6.61 Å². The van der Waals surface area contributed by atoms with Crippen molar-refractivity contribution in [2.45, 2.75) is 53.1 Å². The van der Waals surface area contributed by atoms with E-state index in [1.807, 2.05) is 48.1 Å². The first-order valence-corrected chi connectivity index (χ1v) is 12.0. The van der Waals surface area contributed by atoms with Crippen molar-refractivity contribution in [1.29, 1.82) is 0 Å². The highest BCUT2D eigenvalue weighted by Gasteiger charge is 2.33. The van der Waals surface area contributed by atoms with Crippen LogP contribution in [0.25, 0.3) is 6.08 Å². The second-order valence-corrected chi connectivity index (χ2v) is 9.23. The molecular weight excluding hydrogens is 436 g/mol. The molecule has 0 aliphatic carbocycles. The maximum absolute atomic E-state index is 13.6. The Morgan fingerprint density at radius 3 is 2.55 bits per heavy atom. The van der Waals surface area contributed by atoms with Crippen LogP contribution < -0.4 is 14.9 Å². The fraction of sp³-hybridized carbons (Fsp3) is 0.360. The van der Waals surface area contributed by atoms with Crippen LogP contribution in [-0.2, 0) is 16.1 Å². The Morgan fingerprint density at radius 2 is 1.94 bits per heavy atom. The van der Waals surface area contributed by atoms with Gasteiger partial charge >= 0.3 is 5.97 Å². The fourth-order valence-electron chi connectivity index (χ4n) is 3.93.